The van der Waals surface area contributed by atoms with Crippen LogP contribution < -0.4 is 10.2 Å². The maximum Gasteiger partial charge on any atom is 0.238 e. The molecule has 136 valence electrons. The van der Waals surface area contributed by atoms with Crippen LogP contribution in [0.2, 0.25) is 0 Å². The Balaban J connectivity index is 1.86. The summed E-state index contributed by atoms with van der Waals surface area (Å²) in [6.45, 7) is 8.06. The molecule has 1 heterocycles. The number of nitrogens with one attached hydrogen (secondary N) is 1. The van der Waals surface area contributed by atoms with Crippen molar-refractivity contribution in [1.29, 1.82) is 0 Å². The third kappa shape index (κ3) is 3.93. The normalized spacial score (nSPS) is 17.5. The fourth-order valence-electron chi connectivity index (χ4n) is 3.01. The highest BCUT2D eigenvalue weighted by atomic mass is 32.2. The minimum Gasteiger partial charge on any atom is -0.326 e. The molecule has 0 aromatic heterocycles. The summed E-state index contributed by atoms with van der Waals surface area (Å²) in [6, 6.07) is 16.0. The Kier molecular flexibility index (Phi) is 5.10. The van der Waals surface area contributed by atoms with E-state index in [2.05, 4.69) is 50.4 Å². The predicted octanol–water partition coefficient (Wildman–Crippen LogP) is 4.72. The van der Waals surface area contributed by atoms with Gasteiger partial charge in [0.2, 0.25) is 11.8 Å². The van der Waals surface area contributed by atoms with Gasteiger partial charge in [0, 0.05) is 18.3 Å². The van der Waals surface area contributed by atoms with Crippen LogP contribution in [0, 0.1) is 0 Å². The molecule has 3 rings (SSSR count). The zero-order valence-corrected chi connectivity index (χ0v) is 16.4. The van der Waals surface area contributed by atoms with Gasteiger partial charge in [-0.25, -0.2) is 0 Å². The summed E-state index contributed by atoms with van der Waals surface area (Å²) in [5.41, 5.74) is 4.09. The molecular weight excluding hydrogens is 344 g/mol. The minimum absolute atomic E-state index is 0.0249. The minimum atomic E-state index is -0.109. The number of carbonyl (C=O) groups is 2. The van der Waals surface area contributed by atoms with E-state index in [1.807, 2.05) is 29.2 Å². The Morgan fingerprint density at radius 2 is 1.69 bits per heavy atom. The van der Waals surface area contributed by atoms with E-state index in [4.69, 9.17) is 0 Å². The predicted molar refractivity (Wildman–Crippen MR) is 109 cm³/mol. The van der Waals surface area contributed by atoms with E-state index in [0.29, 0.717) is 5.75 Å². The second-order valence-corrected chi connectivity index (χ2v) is 8.60. The molecular formula is C21H24N2O2S. The van der Waals surface area contributed by atoms with Crippen LogP contribution in [0.1, 0.15) is 44.2 Å². The van der Waals surface area contributed by atoms with Gasteiger partial charge in [0.1, 0.15) is 5.37 Å². The van der Waals surface area contributed by atoms with Gasteiger partial charge in [-0.2, -0.15) is 0 Å². The summed E-state index contributed by atoms with van der Waals surface area (Å²) >= 11 is 1.64. The average molecular weight is 369 g/mol. The van der Waals surface area contributed by atoms with Crippen molar-refractivity contribution in [2.24, 2.45) is 0 Å². The van der Waals surface area contributed by atoms with Gasteiger partial charge in [0.15, 0.2) is 0 Å². The maximum absolute atomic E-state index is 12.5. The molecule has 0 aliphatic carbocycles. The summed E-state index contributed by atoms with van der Waals surface area (Å²) in [5.74, 6) is 0.466. The lowest BCUT2D eigenvalue weighted by atomic mass is 9.86. The lowest BCUT2D eigenvalue weighted by Gasteiger charge is -2.26. The Hall–Kier alpha value is -2.27. The summed E-state index contributed by atoms with van der Waals surface area (Å²) in [7, 11) is 0. The van der Waals surface area contributed by atoms with Gasteiger partial charge in [-0.05, 0) is 40.8 Å². The largest absolute Gasteiger partial charge is 0.326 e. The molecule has 1 fully saturated rings. The second-order valence-electron chi connectivity index (χ2n) is 7.53. The van der Waals surface area contributed by atoms with E-state index < -0.39 is 0 Å². The third-order valence-electron chi connectivity index (χ3n) is 4.40. The van der Waals surface area contributed by atoms with Crippen LogP contribution in [0.25, 0.3) is 0 Å². The number of anilines is 2. The fraction of sp³-hybridized carbons (Fsp3) is 0.333. The Morgan fingerprint density at radius 1 is 1.08 bits per heavy atom. The van der Waals surface area contributed by atoms with Crippen LogP contribution in [0.15, 0.2) is 48.5 Å². The number of nitrogens with zero attached hydrogens (tertiary/aromatic N) is 1. The van der Waals surface area contributed by atoms with E-state index in [1.165, 1.54) is 12.5 Å². The van der Waals surface area contributed by atoms with E-state index >= 15 is 0 Å². The van der Waals surface area contributed by atoms with Crippen LogP contribution in [-0.2, 0) is 15.0 Å². The van der Waals surface area contributed by atoms with Crippen molar-refractivity contribution >= 4 is 35.0 Å². The zero-order chi connectivity index (χ0) is 18.9. The molecule has 5 heteroatoms. The summed E-state index contributed by atoms with van der Waals surface area (Å²) in [5, 5.41) is 2.72. The van der Waals surface area contributed by atoms with E-state index in [1.54, 1.807) is 11.8 Å². The molecule has 4 nitrogen and oxygen atoms in total. The molecule has 0 radical (unpaired) electrons. The molecule has 0 bridgehead atoms. The van der Waals surface area contributed by atoms with Crippen molar-refractivity contribution < 1.29 is 9.59 Å². The van der Waals surface area contributed by atoms with Crippen LogP contribution in [0.5, 0.6) is 0 Å². The first-order valence-electron chi connectivity index (χ1n) is 8.67. The Labute approximate surface area is 159 Å². The topological polar surface area (TPSA) is 49.4 Å². The number of benzene rings is 2. The van der Waals surface area contributed by atoms with Gasteiger partial charge in [0.25, 0.3) is 0 Å². The molecule has 2 aromatic carbocycles. The summed E-state index contributed by atoms with van der Waals surface area (Å²) in [4.78, 5) is 25.5. The lowest BCUT2D eigenvalue weighted by molar-refractivity contribution is -0.116. The molecule has 1 N–H and O–H groups in total. The van der Waals surface area contributed by atoms with Crippen molar-refractivity contribution in [3.05, 3.63) is 59.7 Å². The van der Waals surface area contributed by atoms with E-state index in [-0.39, 0.29) is 22.6 Å². The monoisotopic (exact) mass is 368 g/mol. The van der Waals surface area contributed by atoms with Gasteiger partial charge in [-0.3, -0.25) is 14.5 Å². The number of amides is 2. The van der Waals surface area contributed by atoms with E-state index in [9.17, 15) is 9.59 Å². The standard InChI is InChI=1S/C21H24N2O2S/c1-14(24)22-17-9-11-18(12-10-17)23-19(25)13-26-20(23)15-5-7-16(8-6-15)21(2,3)4/h5-12,20H,13H2,1-4H3,(H,22,24)/t20-/m1/s1. The smallest absolute Gasteiger partial charge is 0.238 e. The highest BCUT2D eigenvalue weighted by molar-refractivity contribution is 8.00. The molecule has 1 saturated heterocycles. The fourth-order valence-corrected chi connectivity index (χ4v) is 4.18. The van der Waals surface area contributed by atoms with E-state index in [0.717, 1.165) is 16.9 Å². The van der Waals surface area contributed by atoms with Crippen molar-refractivity contribution in [2.45, 2.75) is 38.5 Å². The maximum atomic E-state index is 12.5. The summed E-state index contributed by atoms with van der Waals surface area (Å²) < 4.78 is 0. The third-order valence-corrected chi connectivity index (χ3v) is 5.61. The first-order chi connectivity index (χ1) is 12.3. The van der Waals surface area contributed by atoms with Gasteiger partial charge in [0.05, 0.1) is 5.75 Å². The van der Waals surface area contributed by atoms with Crippen LogP contribution in [-0.4, -0.2) is 17.6 Å². The molecule has 1 aliphatic heterocycles. The number of hydrogen-bond acceptors (Lipinski definition) is 3. The van der Waals surface area contributed by atoms with Crippen LogP contribution in [0.4, 0.5) is 11.4 Å². The Morgan fingerprint density at radius 3 is 2.23 bits per heavy atom. The van der Waals surface area contributed by atoms with Crippen molar-refractivity contribution in [3.8, 4) is 0 Å². The van der Waals surface area contributed by atoms with Gasteiger partial charge >= 0.3 is 0 Å². The van der Waals surface area contributed by atoms with Crippen molar-refractivity contribution in [3.63, 3.8) is 0 Å². The Bertz CT molecular complexity index is 807. The van der Waals surface area contributed by atoms with Gasteiger partial charge in [-0.15, -0.1) is 11.8 Å². The molecule has 0 unspecified atom stereocenters. The lowest BCUT2D eigenvalue weighted by Crippen LogP contribution is -2.27. The van der Waals surface area contributed by atoms with Crippen molar-refractivity contribution in [2.75, 3.05) is 16.0 Å². The number of thioether (sulfide) groups is 1. The van der Waals surface area contributed by atoms with Gasteiger partial charge < -0.3 is 5.32 Å². The zero-order valence-electron chi connectivity index (χ0n) is 15.6. The van der Waals surface area contributed by atoms with Crippen molar-refractivity contribution in [1.82, 2.24) is 0 Å². The molecule has 1 atom stereocenters. The van der Waals surface area contributed by atoms with Gasteiger partial charge in [-0.1, -0.05) is 45.0 Å². The highest BCUT2D eigenvalue weighted by Gasteiger charge is 2.34. The SMILES string of the molecule is CC(=O)Nc1ccc(N2C(=O)CS[C@@H]2c2ccc(C(C)(C)C)cc2)cc1. The number of hydrogen-bond donors (Lipinski definition) is 1. The molecule has 2 amide bonds. The molecule has 0 saturated carbocycles. The number of carbonyl (C=O) groups excluding carboxylic acids is 2. The first kappa shape index (κ1) is 18.5. The molecule has 0 spiro atoms. The van der Waals surface area contributed by atoms with Crippen LogP contribution in [0.3, 0.4) is 0 Å². The molecule has 1 aliphatic rings. The second kappa shape index (κ2) is 7.16. The highest BCUT2D eigenvalue weighted by Crippen LogP contribution is 2.42. The number of rotatable bonds is 3. The molecule has 26 heavy (non-hydrogen) atoms. The summed E-state index contributed by atoms with van der Waals surface area (Å²) in [6.07, 6.45) is 0. The quantitative estimate of drug-likeness (QED) is 0.853. The first-order valence-corrected chi connectivity index (χ1v) is 9.72. The van der Waals surface area contributed by atoms with Crippen LogP contribution >= 0.6 is 11.8 Å². The molecule has 2 aromatic rings. The average Bonchev–Trinajstić information content (AvgIpc) is 2.96.